The largest absolute Gasteiger partial charge is 0.317 e. The van der Waals surface area contributed by atoms with E-state index >= 15 is 0 Å². The normalized spacial score (nSPS) is 14.4. The third-order valence-corrected chi connectivity index (χ3v) is 1.21. The van der Waals surface area contributed by atoms with Crippen LogP contribution in [-0.2, 0) is 0 Å². The van der Waals surface area contributed by atoms with Crippen LogP contribution >= 0.6 is 0 Å². The van der Waals surface area contributed by atoms with Gasteiger partial charge in [-0.15, -0.1) is 0 Å². The molecule has 1 rings (SSSR count). The summed E-state index contributed by atoms with van der Waals surface area (Å²) in [6, 6.07) is 0. The van der Waals surface area contributed by atoms with Gasteiger partial charge in [0, 0.05) is 0 Å². The van der Waals surface area contributed by atoms with Crippen molar-refractivity contribution in [2.24, 2.45) is 0 Å². The topological polar surface area (TPSA) is 12.0 Å². The first-order chi connectivity index (χ1) is 3.00. The third-order valence-electron chi connectivity index (χ3n) is 1.21. The summed E-state index contributed by atoms with van der Waals surface area (Å²) in [4.78, 5) is 0. The molecular formula is C5H17BF3N. The van der Waals surface area contributed by atoms with Gasteiger partial charge in [-0.05, 0) is 25.9 Å². The van der Waals surface area contributed by atoms with Crippen molar-refractivity contribution in [3.63, 3.8) is 0 Å². The van der Waals surface area contributed by atoms with Gasteiger partial charge in [-0.25, -0.2) is 0 Å². The molecule has 1 nitrogen and oxygen atoms in total. The zero-order valence-corrected chi connectivity index (χ0v) is 5.26. The Labute approximate surface area is 61.3 Å². The van der Waals surface area contributed by atoms with Crippen molar-refractivity contribution >= 4 is 8.41 Å². The van der Waals surface area contributed by atoms with Gasteiger partial charge in [0.15, 0.2) is 0 Å². The van der Waals surface area contributed by atoms with Crippen molar-refractivity contribution in [2.45, 2.75) is 19.3 Å². The molecule has 1 N–H and O–H groups in total. The number of piperidine rings is 1. The summed E-state index contributed by atoms with van der Waals surface area (Å²) in [7, 11) is 0. The molecule has 0 spiro atoms. The van der Waals surface area contributed by atoms with E-state index < -0.39 is 0 Å². The van der Waals surface area contributed by atoms with Gasteiger partial charge in [0.25, 0.3) is 0 Å². The second-order valence-corrected chi connectivity index (χ2v) is 1.81. The van der Waals surface area contributed by atoms with Crippen LogP contribution in [0.5, 0.6) is 0 Å². The monoisotopic (exact) mass is 159 g/mol. The minimum absolute atomic E-state index is 0. The van der Waals surface area contributed by atoms with Crippen LogP contribution in [-0.4, -0.2) is 21.5 Å². The van der Waals surface area contributed by atoms with Crippen LogP contribution in [0.25, 0.3) is 0 Å². The summed E-state index contributed by atoms with van der Waals surface area (Å²) in [6.07, 6.45) is 4.22. The van der Waals surface area contributed by atoms with Gasteiger partial charge in [0.2, 0.25) is 0 Å². The molecule has 0 aliphatic carbocycles. The molecule has 0 saturated carbocycles. The summed E-state index contributed by atoms with van der Waals surface area (Å²) in [6.45, 7) is 2.50. The lowest BCUT2D eigenvalue weighted by molar-refractivity contribution is 0.520. The molecule has 0 bridgehead atoms. The van der Waals surface area contributed by atoms with E-state index in [1.54, 1.807) is 0 Å². The Morgan fingerprint density at radius 2 is 1.10 bits per heavy atom. The van der Waals surface area contributed by atoms with Gasteiger partial charge in [-0.2, -0.15) is 0 Å². The standard InChI is InChI=1S/C5H11N.BH3.3FH/c1-2-4-6-5-3-1;;;;/h6H,1-5H2;1H3;3*1H. The molecular weight excluding hydrogens is 142 g/mol. The van der Waals surface area contributed by atoms with E-state index in [4.69, 9.17) is 0 Å². The van der Waals surface area contributed by atoms with Gasteiger partial charge < -0.3 is 5.32 Å². The van der Waals surface area contributed by atoms with E-state index in [2.05, 4.69) is 5.32 Å². The Kier molecular flexibility index (Phi) is 35.9. The maximum atomic E-state index is 3.28. The Morgan fingerprint density at radius 3 is 1.20 bits per heavy atom. The number of rotatable bonds is 0. The molecule has 1 aliphatic heterocycles. The Balaban J connectivity index is -0.0000000450. The van der Waals surface area contributed by atoms with Gasteiger partial charge in [-0.3, -0.25) is 14.1 Å². The summed E-state index contributed by atoms with van der Waals surface area (Å²) in [5.41, 5.74) is 0. The molecule has 1 heterocycles. The van der Waals surface area contributed by atoms with Crippen molar-refractivity contribution in [1.29, 1.82) is 0 Å². The second kappa shape index (κ2) is 15.9. The van der Waals surface area contributed by atoms with E-state index in [-0.39, 0.29) is 22.5 Å². The van der Waals surface area contributed by atoms with Crippen LogP contribution in [0.1, 0.15) is 19.3 Å². The van der Waals surface area contributed by atoms with Gasteiger partial charge in [0.1, 0.15) is 0 Å². The zero-order chi connectivity index (χ0) is 4.24. The minimum atomic E-state index is 0. The maximum Gasteiger partial charge on any atom is 0.0814 e. The molecule has 1 fully saturated rings. The van der Waals surface area contributed by atoms with Crippen molar-refractivity contribution < 1.29 is 14.1 Å². The minimum Gasteiger partial charge on any atom is -0.317 e. The molecule has 66 valence electrons. The first-order valence-corrected chi connectivity index (χ1v) is 2.71. The lowest BCUT2D eigenvalue weighted by Gasteiger charge is -2.08. The SMILES string of the molecule is B.C1CCNCC1.F.F.F. The van der Waals surface area contributed by atoms with E-state index in [0.717, 1.165) is 0 Å². The van der Waals surface area contributed by atoms with Crippen LogP contribution in [0.15, 0.2) is 0 Å². The Bertz CT molecular complexity index is 32.4. The van der Waals surface area contributed by atoms with Gasteiger partial charge in [-0.1, -0.05) is 6.42 Å². The molecule has 5 heteroatoms. The first-order valence-electron chi connectivity index (χ1n) is 2.71. The molecule has 0 atom stereocenters. The van der Waals surface area contributed by atoms with Crippen LogP contribution in [0.3, 0.4) is 0 Å². The van der Waals surface area contributed by atoms with Crippen LogP contribution in [0.2, 0.25) is 0 Å². The van der Waals surface area contributed by atoms with Crippen molar-refractivity contribution in [3.8, 4) is 0 Å². The highest BCUT2D eigenvalue weighted by molar-refractivity contribution is 5.75. The molecule has 0 unspecified atom stereocenters. The number of nitrogens with one attached hydrogen (secondary N) is 1. The highest BCUT2D eigenvalue weighted by Crippen LogP contribution is 1.96. The van der Waals surface area contributed by atoms with E-state index in [9.17, 15) is 0 Å². The number of halogens is 3. The summed E-state index contributed by atoms with van der Waals surface area (Å²) < 4.78 is 0. The van der Waals surface area contributed by atoms with E-state index in [1.165, 1.54) is 32.4 Å². The predicted octanol–water partition coefficient (Wildman–Crippen LogP) is 0.0335. The van der Waals surface area contributed by atoms with E-state index in [1.807, 2.05) is 0 Å². The predicted molar refractivity (Wildman–Crippen MR) is 44.2 cm³/mol. The first kappa shape index (κ1) is 22.6. The molecule has 1 saturated heterocycles. The molecule has 10 heavy (non-hydrogen) atoms. The maximum absolute atomic E-state index is 3.28. The fourth-order valence-corrected chi connectivity index (χ4v) is 0.802. The van der Waals surface area contributed by atoms with Gasteiger partial charge >= 0.3 is 0 Å². The van der Waals surface area contributed by atoms with Crippen LogP contribution in [0, 0.1) is 0 Å². The lowest BCUT2D eigenvalue weighted by atomic mass is 10.2. The quantitative estimate of drug-likeness (QED) is 0.492. The zero-order valence-electron chi connectivity index (χ0n) is 5.26. The van der Waals surface area contributed by atoms with Crippen LogP contribution in [0.4, 0.5) is 14.1 Å². The van der Waals surface area contributed by atoms with Crippen LogP contribution < -0.4 is 5.32 Å². The Morgan fingerprint density at radius 1 is 0.700 bits per heavy atom. The van der Waals surface area contributed by atoms with Gasteiger partial charge in [0.05, 0.1) is 8.41 Å². The van der Waals surface area contributed by atoms with Crippen molar-refractivity contribution in [3.05, 3.63) is 0 Å². The average molecular weight is 159 g/mol. The van der Waals surface area contributed by atoms with Crippen molar-refractivity contribution in [1.82, 2.24) is 5.32 Å². The number of hydrogen-bond acceptors (Lipinski definition) is 1. The third kappa shape index (κ3) is 10.7. The molecule has 0 radical (unpaired) electrons. The lowest BCUT2D eigenvalue weighted by Crippen LogP contribution is -2.21. The molecule has 0 aromatic carbocycles. The summed E-state index contributed by atoms with van der Waals surface area (Å²) in [5.74, 6) is 0. The molecule has 1 aliphatic rings. The average Bonchev–Trinajstić information content (AvgIpc) is 1.72. The fraction of sp³-hybridized carbons (Fsp3) is 1.00. The highest BCUT2D eigenvalue weighted by Gasteiger charge is 1.93. The molecule has 0 aromatic rings. The summed E-state index contributed by atoms with van der Waals surface area (Å²) in [5, 5.41) is 3.28. The molecule has 0 amide bonds. The smallest absolute Gasteiger partial charge is 0.0814 e. The number of hydrogen-bond donors (Lipinski definition) is 1. The summed E-state index contributed by atoms with van der Waals surface area (Å²) >= 11 is 0. The molecule has 0 aromatic heterocycles. The Hall–Kier alpha value is -0.185. The second-order valence-electron chi connectivity index (χ2n) is 1.81. The highest BCUT2D eigenvalue weighted by atomic mass is 19.0. The van der Waals surface area contributed by atoms with E-state index in [0.29, 0.717) is 0 Å². The van der Waals surface area contributed by atoms with Crippen molar-refractivity contribution in [2.75, 3.05) is 13.1 Å². The fourth-order valence-electron chi connectivity index (χ4n) is 0.802.